The number of carbonyl (C=O) groups excluding carboxylic acids is 4. The number of phenols is 1. The lowest BCUT2D eigenvalue weighted by Crippen LogP contribution is -2.54. The fourth-order valence-corrected chi connectivity index (χ4v) is 10.2. The van der Waals surface area contributed by atoms with Crippen LogP contribution in [0, 0.1) is 36.5 Å². The fourth-order valence-electron chi connectivity index (χ4n) is 10.2. The summed E-state index contributed by atoms with van der Waals surface area (Å²) in [5.74, 6) is -4.50. The summed E-state index contributed by atoms with van der Waals surface area (Å²) in [6.07, 6.45) is 6.18. The number of imide groups is 2. The van der Waals surface area contributed by atoms with Crippen LogP contribution in [0.5, 0.6) is 17.2 Å². The maximum absolute atomic E-state index is 15.4. The molecule has 2 saturated heterocycles. The number of benzene rings is 5. The van der Waals surface area contributed by atoms with E-state index in [0.717, 1.165) is 21.7 Å². The molecule has 5 aromatic carbocycles. The summed E-state index contributed by atoms with van der Waals surface area (Å²) in [4.78, 5) is 65.5. The Morgan fingerprint density at radius 3 is 2.21 bits per heavy atom. The van der Waals surface area contributed by atoms with Crippen molar-refractivity contribution in [1.82, 2.24) is 9.99 Å². The van der Waals surface area contributed by atoms with Gasteiger partial charge in [0.15, 0.2) is 17.1 Å². The summed E-state index contributed by atoms with van der Waals surface area (Å²) in [7, 11) is 2.89. The Kier molecular flexibility index (Phi) is 9.31. The van der Waals surface area contributed by atoms with E-state index in [0.29, 0.717) is 39.5 Å². The molecule has 0 radical (unpaired) electrons. The minimum Gasteiger partial charge on any atom is -0.502 e. The van der Waals surface area contributed by atoms with Crippen LogP contribution >= 0.6 is 0 Å². The Morgan fingerprint density at radius 2 is 1.52 bits per heavy atom. The van der Waals surface area contributed by atoms with Crippen molar-refractivity contribution in [2.45, 2.75) is 25.2 Å². The molecule has 1 aromatic heterocycles. The average molecular weight is 827 g/mol. The molecule has 62 heavy (non-hydrogen) atoms. The highest BCUT2D eigenvalue weighted by Crippen LogP contribution is 2.61. The molecule has 6 atom stereocenters. The topological polar surface area (TPSA) is 152 Å². The number of para-hydroxylation sites is 2. The van der Waals surface area contributed by atoms with Crippen molar-refractivity contribution in [2.24, 2.45) is 29.6 Å². The number of amides is 4. The zero-order valence-corrected chi connectivity index (χ0v) is 34.1. The van der Waals surface area contributed by atoms with Crippen LogP contribution in [0.3, 0.4) is 0 Å². The predicted molar refractivity (Wildman–Crippen MR) is 232 cm³/mol. The number of allylic oxidation sites excluding steroid dienone is 3. The Labute approximate surface area is 357 Å². The number of aromatic nitrogens is 1. The number of anilines is 2. The molecular formula is C50H42N4O8. The summed E-state index contributed by atoms with van der Waals surface area (Å²) < 4.78 is 16.9. The molecule has 3 heterocycles. The van der Waals surface area contributed by atoms with Gasteiger partial charge in [-0.15, -0.1) is 0 Å². The average Bonchev–Trinajstić information content (AvgIpc) is 3.91. The Hall–Kier alpha value is -7.47. The van der Waals surface area contributed by atoms with Crippen molar-refractivity contribution in [3.63, 3.8) is 0 Å². The highest BCUT2D eigenvalue weighted by Gasteiger charge is 2.69. The van der Waals surface area contributed by atoms with E-state index < -0.39 is 46.8 Å². The highest BCUT2D eigenvalue weighted by atomic mass is 16.5. The first-order valence-electron chi connectivity index (χ1n) is 20.6. The minimum atomic E-state index is -1.43. The number of methoxy groups -OCH3 is 2. The molecule has 2 aliphatic carbocycles. The standard InChI is InChI=1S/C50H42N4O8/c1-28-13-18-32(19-14-28)52-54-47(57)38-27-36-34(37(50(38,49(54)59)31-9-5-4-6-10-31)24-15-29-25-41(60-2)44(55)42(26-29)61-3)22-23-35-43(36)48(58)53(46(35)56)33-20-16-30(17-21-33)45-51-39-11-7-8-12-40(39)62-45/h4-22,24-26,35-38,43,52,55H,23,27H2,1-3H3/t35-,36+,37-,38-,43-,50-/m0/s1. The summed E-state index contributed by atoms with van der Waals surface area (Å²) in [6, 6.07) is 34.6. The van der Waals surface area contributed by atoms with E-state index in [1.54, 1.807) is 36.4 Å². The van der Waals surface area contributed by atoms with E-state index in [4.69, 9.17) is 13.9 Å². The molecule has 0 spiro atoms. The number of rotatable bonds is 9. The third kappa shape index (κ3) is 5.92. The molecule has 12 heteroatoms. The maximum atomic E-state index is 15.4. The Bertz CT molecular complexity index is 2790. The van der Waals surface area contributed by atoms with Gasteiger partial charge in [0.05, 0.1) is 48.8 Å². The second-order valence-corrected chi connectivity index (χ2v) is 16.3. The summed E-state index contributed by atoms with van der Waals surface area (Å²) in [5.41, 5.74) is 7.87. The van der Waals surface area contributed by atoms with Gasteiger partial charge in [0, 0.05) is 11.5 Å². The van der Waals surface area contributed by atoms with Gasteiger partial charge in [0.2, 0.25) is 23.5 Å². The molecule has 12 nitrogen and oxygen atoms in total. The molecule has 6 aromatic rings. The second kappa shape index (κ2) is 14.9. The highest BCUT2D eigenvalue weighted by molar-refractivity contribution is 6.22. The van der Waals surface area contributed by atoms with Gasteiger partial charge in [-0.25, -0.2) is 4.98 Å². The molecule has 310 valence electrons. The zero-order chi connectivity index (χ0) is 42.9. The van der Waals surface area contributed by atoms with Crippen LogP contribution in [-0.4, -0.2) is 52.9 Å². The van der Waals surface area contributed by atoms with Crippen molar-refractivity contribution >= 4 is 52.2 Å². The van der Waals surface area contributed by atoms with Gasteiger partial charge in [-0.05, 0) is 97.5 Å². The van der Waals surface area contributed by atoms with Gasteiger partial charge in [0.1, 0.15) is 5.52 Å². The summed E-state index contributed by atoms with van der Waals surface area (Å²) in [6.45, 7) is 1.96. The SMILES string of the molecule is COc1cc(C=C[C@H]2C3=CC[C@@H]4C(=O)N(c5ccc(-c6nc7ccccc7o6)cc5)C(=O)[C@@H]4[C@@H]3C[C@H]3C(=O)N(Nc4ccc(C)cc4)C(=O)[C@@]23c2ccccc2)cc(OC)c1O. The molecule has 2 N–H and O–H groups in total. The number of nitrogens with one attached hydrogen (secondary N) is 1. The molecule has 4 aliphatic rings. The number of aryl methyl sites for hydroxylation is 1. The number of fused-ring (bicyclic) bond motifs is 5. The smallest absolute Gasteiger partial charge is 0.260 e. The first kappa shape index (κ1) is 38.7. The van der Waals surface area contributed by atoms with Crippen molar-refractivity contribution in [3.05, 3.63) is 150 Å². The quantitative estimate of drug-likeness (QED) is 0.108. The Balaban J connectivity index is 1.07. The lowest BCUT2D eigenvalue weighted by molar-refractivity contribution is -0.139. The van der Waals surface area contributed by atoms with Gasteiger partial charge in [-0.3, -0.25) is 29.5 Å². The maximum Gasteiger partial charge on any atom is 0.260 e. The number of aromatic hydroxyl groups is 1. The number of hydrogen-bond acceptors (Lipinski definition) is 10. The van der Waals surface area contributed by atoms with Crippen LogP contribution in [0.25, 0.3) is 28.6 Å². The first-order chi connectivity index (χ1) is 30.1. The van der Waals surface area contributed by atoms with E-state index in [2.05, 4.69) is 10.4 Å². The number of hydrazine groups is 1. The number of nitrogens with zero attached hydrogens (tertiary/aromatic N) is 3. The molecular weight excluding hydrogens is 785 g/mol. The summed E-state index contributed by atoms with van der Waals surface area (Å²) >= 11 is 0. The van der Waals surface area contributed by atoms with E-state index >= 15 is 4.79 Å². The first-order valence-corrected chi connectivity index (χ1v) is 20.6. The van der Waals surface area contributed by atoms with Gasteiger partial charge >= 0.3 is 0 Å². The van der Waals surface area contributed by atoms with Gasteiger partial charge in [-0.2, -0.15) is 5.01 Å². The van der Waals surface area contributed by atoms with Gasteiger partial charge in [0.25, 0.3) is 11.8 Å². The molecule has 3 fully saturated rings. The van der Waals surface area contributed by atoms with Crippen molar-refractivity contribution < 1.29 is 38.2 Å². The van der Waals surface area contributed by atoms with Crippen LogP contribution in [0.2, 0.25) is 0 Å². The molecule has 2 aliphatic heterocycles. The van der Waals surface area contributed by atoms with Crippen LogP contribution in [0.4, 0.5) is 11.4 Å². The largest absolute Gasteiger partial charge is 0.502 e. The minimum absolute atomic E-state index is 0.157. The van der Waals surface area contributed by atoms with E-state index in [1.165, 1.54) is 19.1 Å². The van der Waals surface area contributed by atoms with Crippen molar-refractivity contribution in [3.8, 4) is 28.7 Å². The summed E-state index contributed by atoms with van der Waals surface area (Å²) in [5, 5.41) is 11.8. The van der Waals surface area contributed by atoms with Crippen LogP contribution in [0.1, 0.15) is 29.5 Å². The van der Waals surface area contributed by atoms with Crippen LogP contribution in [0.15, 0.2) is 137 Å². The van der Waals surface area contributed by atoms with E-state index in [9.17, 15) is 19.5 Å². The molecule has 4 amide bonds. The van der Waals surface area contributed by atoms with Crippen LogP contribution < -0.4 is 19.8 Å². The predicted octanol–water partition coefficient (Wildman–Crippen LogP) is 8.26. The van der Waals surface area contributed by atoms with Crippen molar-refractivity contribution in [1.29, 1.82) is 0 Å². The number of hydrogen-bond donors (Lipinski definition) is 2. The number of phenolic OH excluding ortho intramolecular Hbond substituents is 1. The Morgan fingerprint density at radius 1 is 0.823 bits per heavy atom. The number of oxazole rings is 1. The lowest BCUT2D eigenvalue weighted by Gasteiger charge is -2.49. The molecule has 1 saturated carbocycles. The number of carbonyl (C=O) groups is 4. The number of ether oxygens (including phenoxy) is 2. The zero-order valence-electron chi connectivity index (χ0n) is 34.1. The molecule has 0 unspecified atom stereocenters. The lowest BCUT2D eigenvalue weighted by atomic mass is 9.50. The molecule has 10 rings (SSSR count). The van der Waals surface area contributed by atoms with Crippen molar-refractivity contribution in [2.75, 3.05) is 24.5 Å². The van der Waals surface area contributed by atoms with Gasteiger partial charge < -0.3 is 19.0 Å². The fraction of sp³-hybridized carbons (Fsp3) is 0.220. The monoisotopic (exact) mass is 826 g/mol. The van der Waals surface area contributed by atoms with E-state index in [1.807, 2.05) is 104 Å². The second-order valence-electron chi connectivity index (χ2n) is 16.3. The normalized spacial score (nSPS) is 24.3. The third-order valence-electron chi connectivity index (χ3n) is 13.1. The van der Waals surface area contributed by atoms with Gasteiger partial charge in [-0.1, -0.05) is 84.0 Å². The third-order valence-corrected chi connectivity index (χ3v) is 13.1. The molecule has 0 bridgehead atoms. The van der Waals surface area contributed by atoms with E-state index in [-0.39, 0.29) is 41.9 Å². The van der Waals surface area contributed by atoms with Crippen LogP contribution in [-0.2, 0) is 24.6 Å².